The van der Waals surface area contributed by atoms with E-state index in [4.69, 9.17) is 21.5 Å². The second-order valence-corrected chi connectivity index (χ2v) is 9.06. The van der Waals surface area contributed by atoms with E-state index in [1.54, 1.807) is 23.9 Å². The third-order valence-electron chi connectivity index (χ3n) is 5.66. The molecule has 1 aliphatic heterocycles. The Morgan fingerprint density at radius 2 is 2.03 bits per heavy atom. The van der Waals surface area contributed by atoms with E-state index in [9.17, 15) is 4.39 Å². The van der Waals surface area contributed by atoms with Crippen LogP contribution in [0, 0.1) is 5.82 Å². The number of allylic oxidation sites excluding steroid dienone is 1. The molecule has 9 heteroatoms. The number of thioether (sulfide) groups is 1. The van der Waals surface area contributed by atoms with Crippen molar-refractivity contribution < 1.29 is 13.7 Å². The van der Waals surface area contributed by atoms with Gasteiger partial charge in [-0.25, -0.2) is 4.39 Å². The van der Waals surface area contributed by atoms with Crippen LogP contribution in [0.4, 0.5) is 4.39 Å². The van der Waals surface area contributed by atoms with Gasteiger partial charge in [0.15, 0.2) is 5.11 Å². The summed E-state index contributed by atoms with van der Waals surface area (Å²) in [6, 6.07) is 14.2. The summed E-state index contributed by atoms with van der Waals surface area (Å²) >= 11 is 7.42. The predicted molar refractivity (Wildman–Crippen MR) is 137 cm³/mol. The van der Waals surface area contributed by atoms with E-state index >= 15 is 0 Å². The fourth-order valence-corrected chi connectivity index (χ4v) is 4.68. The Balaban J connectivity index is 1.73. The molecule has 0 saturated heterocycles. The molecule has 0 bridgehead atoms. The SMILES string of the molecule is CCOCCCN1C(=S)NC(c2ccc(SC)cc2)C(c2nc(-c3cccc(F)c3)no2)=C1C. The van der Waals surface area contributed by atoms with Crippen LogP contribution in [0.25, 0.3) is 17.0 Å². The molecule has 0 saturated carbocycles. The average molecular weight is 499 g/mol. The van der Waals surface area contributed by atoms with E-state index in [2.05, 4.69) is 39.7 Å². The van der Waals surface area contributed by atoms with Crippen LogP contribution in [0.3, 0.4) is 0 Å². The fourth-order valence-electron chi connectivity index (χ4n) is 3.92. The largest absolute Gasteiger partial charge is 0.382 e. The molecule has 0 spiro atoms. The molecule has 1 aliphatic rings. The van der Waals surface area contributed by atoms with Gasteiger partial charge >= 0.3 is 0 Å². The highest BCUT2D eigenvalue weighted by Crippen LogP contribution is 2.38. The summed E-state index contributed by atoms with van der Waals surface area (Å²) in [5, 5.41) is 8.24. The highest BCUT2D eigenvalue weighted by Gasteiger charge is 2.34. The van der Waals surface area contributed by atoms with Crippen molar-refractivity contribution in [1.82, 2.24) is 20.4 Å². The molecule has 2 heterocycles. The van der Waals surface area contributed by atoms with E-state index in [1.165, 1.54) is 17.0 Å². The zero-order valence-corrected chi connectivity index (χ0v) is 21.0. The molecule has 2 aromatic carbocycles. The molecule has 0 aliphatic carbocycles. The first-order valence-corrected chi connectivity index (χ1v) is 12.8. The molecule has 1 aromatic heterocycles. The lowest BCUT2D eigenvalue weighted by Gasteiger charge is -2.37. The van der Waals surface area contributed by atoms with Gasteiger partial charge in [-0.3, -0.25) is 0 Å². The molecule has 4 rings (SSSR count). The van der Waals surface area contributed by atoms with E-state index in [1.807, 2.05) is 25.0 Å². The molecule has 34 heavy (non-hydrogen) atoms. The number of hydrogen-bond acceptors (Lipinski definition) is 6. The molecule has 0 radical (unpaired) electrons. The quantitative estimate of drug-likeness (QED) is 0.229. The van der Waals surface area contributed by atoms with Gasteiger partial charge in [0, 0.05) is 35.9 Å². The third-order valence-corrected chi connectivity index (χ3v) is 6.74. The van der Waals surface area contributed by atoms with Crippen LogP contribution in [0.1, 0.15) is 37.8 Å². The summed E-state index contributed by atoms with van der Waals surface area (Å²) in [7, 11) is 0. The molecular weight excluding hydrogens is 471 g/mol. The number of hydrogen-bond donors (Lipinski definition) is 1. The minimum atomic E-state index is -0.351. The van der Waals surface area contributed by atoms with Gasteiger partial charge < -0.3 is 19.5 Å². The standard InChI is InChI=1S/C25H27FN4O2S2/c1-4-31-14-6-13-30-16(2)21(22(27-25(30)33)17-9-11-20(34-3)12-10-17)24-28-23(29-32-24)18-7-5-8-19(26)15-18/h5,7-12,15,22H,4,6,13-14H2,1-3H3,(H,27,33). The number of thiocarbonyl (C=S) groups is 1. The second-order valence-electron chi connectivity index (χ2n) is 7.79. The number of halogens is 1. The number of benzene rings is 2. The summed E-state index contributed by atoms with van der Waals surface area (Å²) in [4.78, 5) is 7.85. The van der Waals surface area contributed by atoms with Crippen molar-refractivity contribution in [3.05, 3.63) is 71.5 Å². The van der Waals surface area contributed by atoms with E-state index in [0.29, 0.717) is 42.1 Å². The van der Waals surface area contributed by atoms with Crippen LogP contribution in [0.2, 0.25) is 0 Å². The molecule has 0 amide bonds. The topological polar surface area (TPSA) is 63.4 Å². The Labute approximate surface area is 208 Å². The number of aromatic nitrogens is 2. The van der Waals surface area contributed by atoms with Gasteiger partial charge in [-0.2, -0.15) is 4.98 Å². The molecule has 0 fully saturated rings. The van der Waals surface area contributed by atoms with Crippen molar-refractivity contribution >= 4 is 34.7 Å². The van der Waals surface area contributed by atoms with Crippen LogP contribution in [0.5, 0.6) is 0 Å². The van der Waals surface area contributed by atoms with Gasteiger partial charge in [0.2, 0.25) is 5.82 Å². The molecule has 178 valence electrons. The number of nitrogens with zero attached hydrogens (tertiary/aromatic N) is 3. The molecule has 1 unspecified atom stereocenters. The van der Waals surface area contributed by atoms with Crippen molar-refractivity contribution in [2.24, 2.45) is 0 Å². The first kappa shape index (κ1) is 24.4. The lowest BCUT2D eigenvalue weighted by molar-refractivity contribution is 0.141. The van der Waals surface area contributed by atoms with E-state index in [-0.39, 0.29) is 11.9 Å². The van der Waals surface area contributed by atoms with Crippen LogP contribution >= 0.6 is 24.0 Å². The fraction of sp³-hybridized carbons (Fsp3) is 0.320. The average Bonchev–Trinajstić information content (AvgIpc) is 3.33. The van der Waals surface area contributed by atoms with Crippen molar-refractivity contribution in [2.45, 2.75) is 31.2 Å². The third kappa shape index (κ3) is 5.32. The molecule has 1 atom stereocenters. The van der Waals surface area contributed by atoms with Gasteiger partial charge in [-0.05, 0) is 68.6 Å². The van der Waals surface area contributed by atoms with Crippen molar-refractivity contribution in [1.29, 1.82) is 0 Å². The Morgan fingerprint density at radius 3 is 2.74 bits per heavy atom. The highest BCUT2D eigenvalue weighted by atomic mass is 32.2. The van der Waals surface area contributed by atoms with Gasteiger partial charge in [0.1, 0.15) is 5.82 Å². The summed E-state index contributed by atoms with van der Waals surface area (Å²) in [6.45, 7) is 6.03. The molecule has 1 N–H and O–H groups in total. The lowest BCUT2D eigenvalue weighted by Crippen LogP contribution is -2.46. The monoisotopic (exact) mass is 498 g/mol. The Morgan fingerprint density at radius 1 is 1.24 bits per heavy atom. The highest BCUT2D eigenvalue weighted by molar-refractivity contribution is 7.98. The summed E-state index contributed by atoms with van der Waals surface area (Å²) < 4.78 is 25.0. The number of ether oxygens (including phenoxy) is 1. The van der Waals surface area contributed by atoms with Crippen LogP contribution in [-0.4, -0.2) is 46.2 Å². The molecular formula is C25H27FN4O2S2. The van der Waals surface area contributed by atoms with E-state index in [0.717, 1.165) is 23.3 Å². The van der Waals surface area contributed by atoms with Gasteiger partial charge in [0.25, 0.3) is 5.89 Å². The molecule has 6 nitrogen and oxygen atoms in total. The lowest BCUT2D eigenvalue weighted by atomic mass is 9.95. The van der Waals surface area contributed by atoms with Gasteiger partial charge in [0.05, 0.1) is 11.6 Å². The predicted octanol–water partition coefficient (Wildman–Crippen LogP) is 5.69. The van der Waals surface area contributed by atoms with Crippen molar-refractivity contribution in [2.75, 3.05) is 26.0 Å². The van der Waals surface area contributed by atoms with Crippen molar-refractivity contribution in [3.63, 3.8) is 0 Å². The number of rotatable bonds is 9. The Kier molecular flexibility index (Phi) is 7.97. The van der Waals surface area contributed by atoms with E-state index < -0.39 is 0 Å². The Bertz CT molecular complexity index is 1180. The maximum absolute atomic E-state index is 13.8. The van der Waals surface area contributed by atoms with Crippen LogP contribution < -0.4 is 5.32 Å². The minimum Gasteiger partial charge on any atom is -0.382 e. The summed E-state index contributed by atoms with van der Waals surface area (Å²) in [6.07, 6.45) is 2.87. The summed E-state index contributed by atoms with van der Waals surface area (Å²) in [5.41, 5.74) is 3.38. The van der Waals surface area contributed by atoms with Crippen LogP contribution in [0.15, 0.2) is 63.6 Å². The molecule has 3 aromatic rings. The maximum atomic E-state index is 13.8. The number of nitrogens with one attached hydrogen (secondary N) is 1. The van der Waals surface area contributed by atoms with Crippen molar-refractivity contribution in [3.8, 4) is 11.4 Å². The first-order valence-electron chi connectivity index (χ1n) is 11.1. The Hall–Kier alpha value is -2.75. The second kappa shape index (κ2) is 11.1. The first-order chi connectivity index (χ1) is 16.5. The smallest absolute Gasteiger partial charge is 0.258 e. The zero-order chi connectivity index (χ0) is 24.1. The zero-order valence-electron chi connectivity index (χ0n) is 19.4. The summed E-state index contributed by atoms with van der Waals surface area (Å²) in [5.74, 6) is 0.360. The minimum absolute atomic E-state index is 0.257. The normalized spacial score (nSPS) is 16.2. The van der Waals surface area contributed by atoms with Gasteiger partial charge in [-0.1, -0.05) is 29.4 Å². The van der Waals surface area contributed by atoms with Gasteiger partial charge in [-0.15, -0.1) is 11.8 Å². The van der Waals surface area contributed by atoms with Crippen LogP contribution in [-0.2, 0) is 4.74 Å². The maximum Gasteiger partial charge on any atom is 0.258 e.